The van der Waals surface area contributed by atoms with Gasteiger partial charge in [-0.15, -0.1) is 0 Å². The Hall–Kier alpha value is -3.42. The Balaban J connectivity index is 1.86. The zero-order valence-electron chi connectivity index (χ0n) is 17.7. The minimum atomic E-state index is -0.308. The van der Waals surface area contributed by atoms with Crippen LogP contribution in [0.15, 0.2) is 59.7 Å². The standard InChI is InChI=1S/C24H23ClN4O3/c1-14(15-4-3-5-17(10-15)23(31)26-2)29-13-18(8-9-30)20-11-16(6-7-19(20)24(29)32)21-12-27-28-22(21)25/h3-7,10-14,30H,8-9H2,1-2H3,(H,26,31)(H,27,28). The first kappa shape index (κ1) is 21.8. The van der Waals surface area contributed by atoms with Crippen molar-refractivity contribution in [3.05, 3.63) is 87.1 Å². The number of aromatic nitrogens is 3. The van der Waals surface area contributed by atoms with Crippen LogP contribution in [0.2, 0.25) is 5.15 Å². The zero-order chi connectivity index (χ0) is 22.8. The number of fused-ring (bicyclic) bond motifs is 1. The summed E-state index contributed by atoms with van der Waals surface area (Å²) in [6.07, 6.45) is 3.82. The molecule has 0 saturated heterocycles. The lowest BCUT2D eigenvalue weighted by atomic mass is 9.99. The van der Waals surface area contributed by atoms with Gasteiger partial charge in [0.25, 0.3) is 11.5 Å². The van der Waals surface area contributed by atoms with Crippen LogP contribution in [-0.4, -0.2) is 39.4 Å². The molecule has 1 amide bonds. The van der Waals surface area contributed by atoms with E-state index in [-0.39, 0.29) is 24.1 Å². The number of rotatable bonds is 6. The van der Waals surface area contributed by atoms with Crippen molar-refractivity contribution in [3.8, 4) is 11.1 Å². The van der Waals surface area contributed by atoms with E-state index in [0.29, 0.717) is 22.5 Å². The maximum atomic E-state index is 13.4. The smallest absolute Gasteiger partial charge is 0.258 e. The van der Waals surface area contributed by atoms with Crippen molar-refractivity contribution in [2.24, 2.45) is 0 Å². The Labute approximate surface area is 189 Å². The number of hydrogen-bond acceptors (Lipinski definition) is 4. The van der Waals surface area contributed by atoms with E-state index in [4.69, 9.17) is 11.6 Å². The fourth-order valence-electron chi connectivity index (χ4n) is 3.92. The first-order valence-corrected chi connectivity index (χ1v) is 10.6. The average Bonchev–Trinajstić information content (AvgIpc) is 3.25. The summed E-state index contributed by atoms with van der Waals surface area (Å²) < 4.78 is 1.65. The monoisotopic (exact) mass is 450 g/mol. The van der Waals surface area contributed by atoms with Crippen molar-refractivity contribution in [3.63, 3.8) is 0 Å². The molecule has 2 heterocycles. The van der Waals surface area contributed by atoms with E-state index in [1.165, 1.54) is 0 Å². The molecule has 4 rings (SSSR count). The van der Waals surface area contributed by atoms with E-state index in [9.17, 15) is 14.7 Å². The fourth-order valence-corrected chi connectivity index (χ4v) is 4.13. The number of H-pyrrole nitrogens is 1. The highest BCUT2D eigenvalue weighted by molar-refractivity contribution is 6.32. The van der Waals surface area contributed by atoms with Gasteiger partial charge < -0.3 is 15.0 Å². The van der Waals surface area contributed by atoms with Gasteiger partial charge >= 0.3 is 0 Å². The summed E-state index contributed by atoms with van der Waals surface area (Å²) in [5.74, 6) is -0.184. The molecule has 1 atom stereocenters. The molecule has 0 spiro atoms. The average molecular weight is 451 g/mol. The Kier molecular flexibility index (Phi) is 6.12. The highest BCUT2D eigenvalue weighted by atomic mass is 35.5. The number of aliphatic hydroxyl groups is 1. The Morgan fingerprint density at radius 3 is 2.75 bits per heavy atom. The number of amides is 1. The Bertz CT molecular complexity index is 1360. The molecule has 0 radical (unpaired) electrons. The molecule has 4 aromatic rings. The summed E-state index contributed by atoms with van der Waals surface area (Å²) in [5, 5.41) is 20.7. The molecule has 164 valence electrons. The van der Waals surface area contributed by atoms with E-state index in [0.717, 1.165) is 27.6 Å². The number of nitrogens with one attached hydrogen (secondary N) is 2. The maximum absolute atomic E-state index is 13.4. The zero-order valence-corrected chi connectivity index (χ0v) is 18.5. The quantitative estimate of drug-likeness (QED) is 0.418. The molecule has 8 heteroatoms. The minimum absolute atomic E-state index is 0.0511. The number of halogens is 1. The lowest BCUT2D eigenvalue weighted by Crippen LogP contribution is -2.25. The van der Waals surface area contributed by atoms with Crippen LogP contribution in [-0.2, 0) is 6.42 Å². The molecule has 1 unspecified atom stereocenters. The summed E-state index contributed by atoms with van der Waals surface area (Å²) in [5.41, 5.74) is 3.64. The Morgan fingerprint density at radius 2 is 2.06 bits per heavy atom. The third-order valence-electron chi connectivity index (χ3n) is 5.69. The topological polar surface area (TPSA) is 100 Å². The molecular formula is C24H23ClN4O3. The first-order chi connectivity index (χ1) is 15.4. The normalized spacial score (nSPS) is 12.1. The summed E-state index contributed by atoms with van der Waals surface area (Å²) in [6, 6.07) is 12.4. The molecule has 0 aliphatic rings. The van der Waals surface area contributed by atoms with E-state index >= 15 is 0 Å². The van der Waals surface area contributed by atoms with E-state index in [1.54, 1.807) is 48.3 Å². The van der Waals surface area contributed by atoms with Crippen LogP contribution >= 0.6 is 11.6 Å². The van der Waals surface area contributed by atoms with Gasteiger partial charge in [-0.2, -0.15) is 5.10 Å². The van der Waals surface area contributed by atoms with Crippen LogP contribution in [0.4, 0.5) is 0 Å². The van der Waals surface area contributed by atoms with E-state index in [1.807, 2.05) is 25.1 Å². The van der Waals surface area contributed by atoms with Crippen molar-refractivity contribution in [2.75, 3.05) is 13.7 Å². The largest absolute Gasteiger partial charge is 0.396 e. The summed E-state index contributed by atoms with van der Waals surface area (Å²) in [6.45, 7) is 1.86. The van der Waals surface area contributed by atoms with Gasteiger partial charge in [-0.05, 0) is 59.7 Å². The summed E-state index contributed by atoms with van der Waals surface area (Å²) >= 11 is 6.19. The predicted octanol–water partition coefficient (Wildman–Crippen LogP) is 3.55. The minimum Gasteiger partial charge on any atom is -0.396 e. The number of carbonyl (C=O) groups excluding carboxylic acids is 1. The van der Waals surface area contributed by atoms with Gasteiger partial charge in [-0.1, -0.05) is 29.8 Å². The van der Waals surface area contributed by atoms with Crippen LogP contribution < -0.4 is 10.9 Å². The van der Waals surface area contributed by atoms with Gasteiger partial charge in [0, 0.05) is 36.4 Å². The van der Waals surface area contributed by atoms with Gasteiger partial charge in [-0.3, -0.25) is 14.7 Å². The highest BCUT2D eigenvalue weighted by Gasteiger charge is 2.17. The summed E-state index contributed by atoms with van der Waals surface area (Å²) in [4.78, 5) is 25.5. The lowest BCUT2D eigenvalue weighted by Gasteiger charge is -2.19. The molecule has 2 aromatic heterocycles. The second kappa shape index (κ2) is 8.98. The van der Waals surface area contributed by atoms with E-state index in [2.05, 4.69) is 15.5 Å². The van der Waals surface area contributed by atoms with E-state index < -0.39 is 0 Å². The number of aromatic amines is 1. The summed E-state index contributed by atoms with van der Waals surface area (Å²) in [7, 11) is 1.58. The second-order valence-corrected chi connectivity index (χ2v) is 7.96. The highest BCUT2D eigenvalue weighted by Crippen LogP contribution is 2.30. The molecular weight excluding hydrogens is 428 g/mol. The van der Waals surface area contributed by atoms with Gasteiger partial charge in [-0.25, -0.2) is 0 Å². The number of benzene rings is 2. The van der Waals surface area contributed by atoms with Crippen LogP contribution in [0.3, 0.4) is 0 Å². The number of carbonyl (C=O) groups is 1. The molecule has 0 bridgehead atoms. The first-order valence-electron chi connectivity index (χ1n) is 10.2. The number of pyridine rings is 1. The van der Waals surface area contributed by atoms with Crippen LogP contribution in [0.5, 0.6) is 0 Å². The molecule has 0 saturated carbocycles. The van der Waals surface area contributed by atoms with Crippen LogP contribution in [0, 0.1) is 0 Å². The van der Waals surface area contributed by atoms with Crippen molar-refractivity contribution in [1.82, 2.24) is 20.1 Å². The molecule has 32 heavy (non-hydrogen) atoms. The molecule has 0 aliphatic carbocycles. The molecule has 0 aliphatic heterocycles. The van der Waals surface area contributed by atoms with Gasteiger partial charge in [0.2, 0.25) is 0 Å². The third-order valence-corrected chi connectivity index (χ3v) is 5.97. The van der Waals surface area contributed by atoms with Gasteiger partial charge in [0.1, 0.15) is 5.15 Å². The fraction of sp³-hybridized carbons (Fsp3) is 0.208. The third kappa shape index (κ3) is 3.92. The molecule has 0 fully saturated rings. The van der Waals surface area contributed by atoms with Crippen molar-refractivity contribution >= 4 is 28.3 Å². The number of aliphatic hydroxyl groups excluding tert-OH is 1. The van der Waals surface area contributed by atoms with Crippen molar-refractivity contribution in [2.45, 2.75) is 19.4 Å². The molecule has 3 N–H and O–H groups in total. The SMILES string of the molecule is CNC(=O)c1cccc(C(C)n2cc(CCO)c3cc(-c4cn[nH]c4Cl)ccc3c2=O)c1. The predicted molar refractivity (Wildman–Crippen MR) is 125 cm³/mol. The van der Waals surface area contributed by atoms with Crippen molar-refractivity contribution < 1.29 is 9.90 Å². The van der Waals surface area contributed by atoms with Crippen LogP contribution in [0.25, 0.3) is 21.9 Å². The number of nitrogens with zero attached hydrogens (tertiary/aromatic N) is 2. The van der Waals surface area contributed by atoms with Crippen molar-refractivity contribution in [1.29, 1.82) is 0 Å². The van der Waals surface area contributed by atoms with Gasteiger partial charge in [0.05, 0.1) is 12.2 Å². The van der Waals surface area contributed by atoms with Gasteiger partial charge in [0.15, 0.2) is 0 Å². The lowest BCUT2D eigenvalue weighted by molar-refractivity contribution is 0.0963. The maximum Gasteiger partial charge on any atom is 0.258 e. The Morgan fingerprint density at radius 1 is 1.25 bits per heavy atom. The molecule has 2 aromatic carbocycles. The van der Waals surface area contributed by atoms with Crippen LogP contribution in [0.1, 0.15) is 34.5 Å². The number of hydrogen-bond donors (Lipinski definition) is 3. The second-order valence-electron chi connectivity index (χ2n) is 7.58. The molecule has 7 nitrogen and oxygen atoms in total.